The van der Waals surface area contributed by atoms with Gasteiger partial charge in [-0.1, -0.05) is 6.07 Å². The Kier molecular flexibility index (Phi) is 4.63. The minimum absolute atomic E-state index is 0.481. The lowest BCUT2D eigenvalue weighted by Crippen LogP contribution is -2.10. The molecule has 1 heterocycles. The molecule has 0 aliphatic heterocycles. The van der Waals surface area contributed by atoms with Gasteiger partial charge in [0.15, 0.2) is 0 Å². The predicted octanol–water partition coefficient (Wildman–Crippen LogP) is 3.66. The number of thiophene rings is 1. The molecule has 0 saturated heterocycles. The minimum Gasteiger partial charge on any atom is -0.496 e. The summed E-state index contributed by atoms with van der Waals surface area (Å²) >= 11 is 4.98. The minimum atomic E-state index is -0.481. The van der Waals surface area contributed by atoms with Gasteiger partial charge in [0.1, 0.15) is 11.9 Å². The van der Waals surface area contributed by atoms with Crippen LogP contribution >= 0.6 is 27.3 Å². The van der Waals surface area contributed by atoms with Crippen LogP contribution in [0.2, 0.25) is 0 Å². The molecule has 0 bridgehead atoms. The smallest absolute Gasteiger partial charge is 0.133 e. The van der Waals surface area contributed by atoms with Gasteiger partial charge < -0.3 is 15.2 Å². The lowest BCUT2D eigenvalue weighted by atomic mass is 10.2. The average molecular weight is 328 g/mol. The summed E-state index contributed by atoms with van der Waals surface area (Å²) in [6.45, 7) is 0.485. The number of anilines is 1. The summed E-state index contributed by atoms with van der Waals surface area (Å²) in [6, 6.07) is 9.60. The van der Waals surface area contributed by atoms with Gasteiger partial charge in [-0.25, -0.2) is 0 Å². The van der Waals surface area contributed by atoms with Crippen molar-refractivity contribution in [2.45, 2.75) is 6.10 Å². The van der Waals surface area contributed by atoms with Crippen molar-refractivity contribution in [1.82, 2.24) is 0 Å². The molecule has 1 unspecified atom stereocenters. The van der Waals surface area contributed by atoms with E-state index in [1.807, 2.05) is 35.7 Å². The summed E-state index contributed by atoms with van der Waals surface area (Å²) in [5.41, 5.74) is 0.943. The van der Waals surface area contributed by atoms with Crippen LogP contribution in [0.5, 0.6) is 5.75 Å². The van der Waals surface area contributed by atoms with Crippen molar-refractivity contribution in [2.75, 3.05) is 19.0 Å². The highest BCUT2D eigenvalue weighted by Crippen LogP contribution is 2.28. The first kappa shape index (κ1) is 13.4. The van der Waals surface area contributed by atoms with Crippen LogP contribution in [-0.4, -0.2) is 18.8 Å². The highest BCUT2D eigenvalue weighted by atomic mass is 79.9. The summed E-state index contributed by atoms with van der Waals surface area (Å²) < 4.78 is 6.05. The predicted molar refractivity (Wildman–Crippen MR) is 78.5 cm³/mol. The van der Waals surface area contributed by atoms with Crippen LogP contribution in [0.15, 0.2) is 40.2 Å². The Hall–Kier alpha value is -1.04. The topological polar surface area (TPSA) is 41.5 Å². The van der Waals surface area contributed by atoms with Crippen LogP contribution in [0.1, 0.15) is 11.0 Å². The number of rotatable bonds is 5. The second-order valence-electron chi connectivity index (χ2n) is 3.76. The summed E-state index contributed by atoms with van der Waals surface area (Å²) in [5.74, 6) is 0.791. The molecular weight excluding hydrogens is 314 g/mol. The lowest BCUT2D eigenvalue weighted by Gasteiger charge is -2.12. The monoisotopic (exact) mass is 327 g/mol. The molecule has 96 valence electrons. The molecule has 0 amide bonds. The molecule has 3 nitrogen and oxygen atoms in total. The Labute approximate surface area is 119 Å². The van der Waals surface area contributed by atoms with Crippen molar-refractivity contribution >= 4 is 33.0 Å². The van der Waals surface area contributed by atoms with Crippen molar-refractivity contribution in [3.05, 3.63) is 45.1 Å². The van der Waals surface area contributed by atoms with Crippen molar-refractivity contribution in [3.63, 3.8) is 0 Å². The van der Waals surface area contributed by atoms with Crippen LogP contribution in [0.3, 0.4) is 0 Å². The molecule has 1 aromatic heterocycles. The van der Waals surface area contributed by atoms with Gasteiger partial charge in [0.25, 0.3) is 0 Å². The molecule has 2 rings (SSSR count). The van der Waals surface area contributed by atoms with E-state index in [1.54, 1.807) is 18.4 Å². The number of halogens is 1. The third-order valence-corrected chi connectivity index (χ3v) is 4.12. The third kappa shape index (κ3) is 3.25. The largest absolute Gasteiger partial charge is 0.496 e. The zero-order valence-corrected chi connectivity index (χ0v) is 12.3. The van der Waals surface area contributed by atoms with Gasteiger partial charge in [-0.3, -0.25) is 0 Å². The van der Waals surface area contributed by atoms with Gasteiger partial charge in [0.05, 0.1) is 11.6 Å². The molecule has 2 aromatic rings. The second kappa shape index (κ2) is 6.22. The molecule has 0 fully saturated rings. The number of ether oxygens (including phenoxy) is 1. The Balaban J connectivity index is 1.96. The molecule has 5 heteroatoms. The second-order valence-corrected chi connectivity index (χ2v) is 5.60. The molecule has 2 N–H and O–H groups in total. The first-order valence-electron chi connectivity index (χ1n) is 5.49. The third-order valence-electron chi connectivity index (χ3n) is 2.52. The first-order valence-corrected chi connectivity index (χ1v) is 7.17. The molecule has 0 aliphatic rings. The molecule has 0 radical (unpaired) electrons. The fourth-order valence-electron chi connectivity index (χ4n) is 1.57. The molecule has 0 aliphatic carbocycles. The first-order chi connectivity index (χ1) is 8.70. The Bertz CT molecular complexity index is 502. The summed E-state index contributed by atoms with van der Waals surface area (Å²) in [4.78, 5) is 0.968. The normalized spacial score (nSPS) is 12.2. The van der Waals surface area contributed by atoms with E-state index >= 15 is 0 Å². The number of methoxy groups -OCH3 is 1. The van der Waals surface area contributed by atoms with Gasteiger partial charge in [0.2, 0.25) is 0 Å². The molecule has 1 atom stereocenters. The van der Waals surface area contributed by atoms with E-state index in [0.717, 1.165) is 20.8 Å². The Morgan fingerprint density at radius 2 is 2.28 bits per heavy atom. The van der Waals surface area contributed by atoms with Gasteiger partial charge >= 0.3 is 0 Å². The highest BCUT2D eigenvalue weighted by molar-refractivity contribution is 9.10. The summed E-state index contributed by atoms with van der Waals surface area (Å²) in [6.07, 6.45) is -0.481. The van der Waals surface area contributed by atoms with Crippen LogP contribution in [0.25, 0.3) is 0 Å². The molecule has 0 saturated carbocycles. The fraction of sp³-hybridized carbons (Fsp3) is 0.231. The maximum absolute atomic E-state index is 9.95. The quantitative estimate of drug-likeness (QED) is 0.880. The average Bonchev–Trinajstić information content (AvgIpc) is 2.90. The van der Waals surface area contributed by atoms with Crippen LogP contribution in [-0.2, 0) is 0 Å². The van der Waals surface area contributed by atoms with E-state index in [4.69, 9.17) is 4.74 Å². The van der Waals surface area contributed by atoms with Crippen LogP contribution in [0, 0.1) is 0 Å². The van der Waals surface area contributed by atoms with Gasteiger partial charge in [-0.2, -0.15) is 0 Å². The number of aliphatic hydroxyl groups excluding tert-OH is 1. The number of aliphatic hydroxyl groups is 1. The Morgan fingerprint density at radius 3 is 2.89 bits per heavy atom. The number of hydrogen-bond acceptors (Lipinski definition) is 4. The van der Waals surface area contributed by atoms with E-state index in [1.165, 1.54) is 0 Å². The zero-order chi connectivity index (χ0) is 13.0. The van der Waals surface area contributed by atoms with E-state index in [0.29, 0.717) is 6.54 Å². The molecular formula is C13H14BrNO2S. The van der Waals surface area contributed by atoms with Crippen molar-refractivity contribution in [1.29, 1.82) is 0 Å². The zero-order valence-electron chi connectivity index (χ0n) is 9.89. The van der Waals surface area contributed by atoms with E-state index in [2.05, 4.69) is 21.2 Å². The molecule has 1 aromatic carbocycles. The van der Waals surface area contributed by atoms with Gasteiger partial charge in [-0.05, 0) is 45.6 Å². The molecule has 0 spiro atoms. The van der Waals surface area contributed by atoms with Crippen LogP contribution < -0.4 is 10.1 Å². The van der Waals surface area contributed by atoms with E-state index < -0.39 is 6.10 Å². The fourth-order valence-corrected chi connectivity index (χ4v) is 2.82. The highest BCUT2D eigenvalue weighted by Gasteiger charge is 2.08. The molecule has 18 heavy (non-hydrogen) atoms. The number of nitrogens with one attached hydrogen (secondary N) is 1. The van der Waals surface area contributed by atoms with E-state index in [-0.39, 0.29) is 0 Å². The summed E-state index contributed by atoms with van der Waals surface area (Å²) in [7, 11) is 1.63. The Morgan fingerprint density at radius 1 is 1.44 bits per heavy atom. The standard InChI is InChI=1S/C13H14BrNO2S/c1-17-12-5-4-9(7-10(12)14)15-8-11(16)13-3-2-6-18-13/h2-7,11,15-16H,8H2,1H3. The number of hydrogen-bond donors (Lipinski definition) is 2. The van der Waals surface area contributed by atoms with Crippen molar-refractivity contribution < 1.29 is 9.84 Å². The SMILES string of the molecule is COc1ccc(NCC(O)c2cccs2)cc1Br. The lowest BCUT2D eigenvalue weighted by molar-refractivity contribution is 0.195. The van der Waals surface area contributed by atoms with Gasteiger partial charge in [0, 0.05) is 17.1 Å². The van der Waals surface area contributed by atoms with Gasteiger partial charge in [-0.15, -0.1) is 11.3 Å². The maximum Gasteiger partial charge on any atom is 0.133 e. The maximum atomic E-state index is 9.95. The van der Waals surface area contributed by atoms with Crippen molar-refractivity contribution in [2.24, 2.45) is 0 Å². The van der Waals surface area contributed by atoms with Crippen LogP contribution in [0.4, 0.5) is 5.69 Å². The number of benzene rings is 1. The summed E-state index contributed by atoms with van der Waals surface area (Å²) in [5, 5.41) is 15.1. The van der Waals surface area contributed by atoms with Crippen molar-refractivity contribution in [3.8, 4) is 5.75 Å². The van der Waals surface area contributed by atoms with E-state index in [9.17, 15) is 5.11 Å².